The molecule has 0 aliphatic heterocycles. The lowest BCUT2D eigenvalue weighted by Crippen LogP contribution is -2.18. The third kappa shape index (κ3) is 4.20. The molecule has 9 heteroatoms. The van der Waals surface area contributed by atoms with Crippen LogP contribution in [0.5, 0.6) is 0 Å². The summed E-state index contributed by atoms with van der Waals surface area (Å²) in [7, 11) is 0. The first-order valence-electron chi connectivity index (χ1n) is 8.85. The first-order chi connectivity index (χ1) is 14.5. The first-order valence-corrected chi connectivity index (χ1v) is 9.66. The number of amides is 1. The number of ether oxygens (including phenoxy) is 1. The average molecular weight is 421 g/mol. The molecule has 0 radical (unpaired) electrons. The van der Waals surface area contributed by atoms with E-state index in [1.54, 1.807) is 18.2 Å². The van der Waals surface area contributed by atoms with Crippen molar-refractivity contribution < 1.29 is 19.4 Å². The van der Waals surface area contributed by atoms with Crippen LogP contribution in [0.2, 0.25) is 0 Å². The Bertz CT molecular complexity index is 1300. The van der Waals surface area contributed by atoms with Gasteiger partial charge in [-0.05, 0) is 29.3 Å². The van der Waals surface area contributed by atoms with E-state index in [-0.39, 0.29) is 18.1 Å². The van der Waals surface area contributed by atoms with Crippen LogP contribution >= 0.6 is 11.3 Å². The van der Waals surface area contributed by atoms with Crippen molar-refractivity contribution >= 4 is 39.6 Å². The highest BCUT2D eigenvalue weighted by Crippen LogP contribution is 2.31. The van der Waals surface area contributed by atoms with Gasteiger partial charge in [-0.25, -0.2) is 14.6 Å². The molecule has 2 heterocycles. The maximum atomic E-state index is 12.4. The number of carboxylic acids is 1. The molecule has 1 amide bonds. The molecule has 0 aliphatic carbocycles. The minimum atomic E-state index is -1.03. The monoisotopic (exact) mass is 421 g/mol. The summed E-state index contributed by atoms with van der Waals surface area (Å²) >= 11 is 1.19. The van der Waals surface area contributed by atoms with E-state index in [0.717, 1.165) is 5.56 Å². The van der Waals surface area contributed by atoms with Crippen molar-refractivity contribution in [3.8, 4) is 10.4 Å². The second kappa shape index (κ2) is 8.18. The number of H-pyrrole nitrogens is 1. The highest BCUT2D eigenvalue weighted by molar-refractivity contribution is 7.22. The summed E-state index contributed by atoms with van der Waals surface area (Å²) in [5, 5.41) is 11.6. The topological polar surface area (TPSA) is 121 Å². The van der Waals surface area contributed by atoms with Gasteiger partial charge in [-0.2, -0.15) is 0 Å². The SMILES string of the molecule is O=C(Nc1nc2cc(-c3cccc(C(=O)O)c3)sc2c(=O)[nH]1)OCc1ccccc1. The quantitative estimate of drug-likeness (QED) is 0.446. The Morgan fingerprint density at radius 3 is 2.67 bits per heavy atom. The van der Waals surface area contributed by atoms with Gasteiger partial charge in [-0.15, -0.1) is 11.3 Å². The van der Waals surface area contributed by atoms with Crippen molar-refractivity contribution in [2.75, 3.05) is 5.32 Å². The molecule has 150 valence electrons. The molecule has 0 unspecified atom stereocenters. The van der Waals surface area contributed by atoms with Crippen molar-refractivity contribution in [3.05, 3.63) is 82.1 Å². The molecular formula is C21H15N3O5S. The van der Waals surface area contributed by atoms with E-state index in [4.69, 9.17) is 9.84 Å². The molecule has 0 bridgehead atoms. The van der Waals surface area contributed by atoms with Gasteiger partial charge in [0.05, 0.1) is 11.1 Å². The number of nitrogens with zero attached hydrogens (tertiary/aromatic N) is 1. The van der Waals surface area contributed by atoms with Crippen LogP contribution in [-0.2, 0) is 11.3 Å². The lowest BCUT2D eigenvalue weighted by molar-refractivity contribution is 0.0697. The zero-order chi connectivity index (χ0) is 21.1. The van der Waals surface area contributed by atoms with E-state index < -0.39 is 17.6 Å². The van der Waals surface area contributed by atoms with Gasteiger partial charge in [0, 0.05) is 4.88 Å². The van der Waals surface area contributed by atoms with Crippen LogP contribution in [-0.4, -0.2) is 27.1 Å². The molecule has 30 heavy (non-hydrogen) atoms. The van der Waals surface area contributed by atoms with Crippen molar-refractivity contribution in [3.63, 3.8) is 0 Å². The summed E-state index contributed by atoms with van der Waals surface area (Å²) < 4.78 is 5.50. The number of carbonyl (C=O) groups excluding carboxylic acids is 1. The number of aromatic amines is 1. The van der Waals surface area contributed by atoms with Crippen LogP contribution in [0.4, 0.5) is 10.7 Å². The number of fused-ring (bicyclic) bond motifs is 1. The number of thiophene rings is 1. The molecule has 0 aliphatic rings. The summed E-state index contributed by atoms with van der Waals surface area (Å²) in [5.74, 6) is -1.07. The number of anilines is 1. The van der Waals surface area contributed by atoms with E-state index in [1.807, 2.05) is 30.3 Å². The number of hydrogen-bond acceptors (Lipinski definition) is 6. The summed E-state index contributed by atoms with van der Waals surface area (Å²) in [6.45, 7) is 0.0850. The fourth-order valence-electron chi connectivity index (χ4n) is 2.80. The Hall–Kier alpha value is -3.98. The Balaban J connectivity index is 1.55. The predicted octanol–water partition coefficient (Wildman–Crippen LogP) is 4.10. The van der Waals surface area contributed by atoms with E-state index in [2.05, 4.69) is 15.3 Å². The standard InChI is InChI=1S/C21H15N3O5S/c25-18-17-15(10-16(30-17)13-7-4-8-14(9-13)19(26)27)22-20(23-18)24-21(28)29-11-12-5-2-1-3-6-12/h1-10H,11H2,(H,26,27)(H2,22,23,24,25,28). The molecule has 0 atom stereocenters. The molecule has 2 aromatic heterocycles. The Morgan fingerprint density at radius 1 is 1.10 bits per heavy atom. The maximum absolute atomic E-state index is 12.4. The molecule has 8 nitrogen and oxygen atoms in total. The Kier molecular flexibility index (Phi) is 5.27. The smallest absolute Gasteiger partial charge is 0.414 e. The molecule has 4 aromatic rings. The minimum absolute atomic E-state index is 0.0331. The van der Waals surface area contributed by atoms with Crippen molar-refractivity contribution in [1.82, 2.24) is 9.97 Å². The van der Waals surface area contributed by atoms with Gasteiger partial charge in [0.1, 0.15) is 11.3 Å². The van der Waals surface area contributed by atoms with E-state index in [1.165, 1.54) is 23.5 Å². The van der Waals surface area contributed by atoms with Gasteiger partial charge in [-0.3, -0.25) is 15.1 Å². The van der Waals surface area contributed by atoms with Crippen LogP contribution in [0.1, 0.15) is 15.9 Å². The van der Waals surface area contributed by atoms with Gasteiger partial charge in [0.2, 0.25) is 5.95 Å². The highest BCUT2D eigenvalue weighted by atomic mass is 32.1. The minimum Gasteiger partial charge on any atom is -0.478 e. The summed E-state index contributed by atoms with van der Waals surface area (Å²) in [4.78, 5) is 43.1. The number of benzene rings is 2. The molecular weight excluding hydrogens is 406 g/mol. The van der Waals surface area contributed by atoms with Crippen molar-refractivity contribution in [2.24, 2.45) is 0 Å². The van der Waals surface area contributed by atoms with Crippen LogP contribution in [0, 0.1) is 0 Å². The lowest BCUT2D eigenvalue weighted by atomic mass is 10.1. The van der Waals surface area contributed by atoms with Crippen LogP contribution in [0.3, 0.4) is 0 Å². The van der Waals surface area contributed by atoms with Crippen molar-refractivity contribution in [1.29, 1.82) is 0 Å². The molecule has 2 aromatic carbocycles. The lowest BCUT2D eigenvalue weighted by Gasteiger charge is -2.06. The molecule has 0 spiro atoms. The maximum Gasteiger partial charge on any atom is 0.414 e. The second-order valence-corrected chi connectivity index (χ2v) is 7.36. The number of carbonyl (C=O) groups is 2. The first kappa shape index (κ1) is 19.3. The highest BCUT2D eigenvalue weighted by Gasteiger charge is 2.13. The number of hydrogen-bond donors (Lipinski definition) is 3. The molecule has 4 rings (SSSR count). The number of rotatable bonds is 5. The summed E-state index contributed by atoms with van der Waals surface area (Å²) in [6, 6.07) is 17.3. The van der Waals surface area contributed by atoms with E-state index in [0.29, 0.717) is 20.7 Å². The summed E-state index contributed by atoms with van der Waals surface area (Å²) in [6.07, 6.45) is -0.744. The van der Waals surface area contributed by atoms with Gasteiger partial charge in [0.25, 0.3) is 5.56 Å². The third-order valence-electron chi connectivity index (χ3n) is 4.21. The van der Waals surface area contributed by atoms with Gasteiger partial charge >= 0.3 is 12.1 Å². The number of aromatic carboxylic acids is 1. The third-order valence-corrected chi connectivity index (χ3v) is 5.38. The van der Waals surface area contributed by atoms with Gasteiger partial charge in [-0.1, -0.05) is 42.5 Å². The van der Waals surface area contributed by atoms with Gasteiger partial charge in [0.15, 0.2) is 0 Å². The van der Waals surface area contributed by atoms with Crippen molar-refractivity contribution in [2.45, 2.75) is 6.61 Å². The second-order valence-electron chi connectivity index (χ2n) is 6.31. The molecule has 0 saturated heterocycles. The summed E-state index contributed by atoms with van der Waals surface area (Å²) in [5.41, 5.74) is 1.61. The number of aromatic nitrogens is 2. The van der Waals surface area contributed by atoms with Crippen LogP contribution in [0.25, 0.3) is 20.7 Å². The zero-order valence-corrected chi connectivity index (χ0v) is 16.2. The zero-order valence-electron chi connectivity index (χ0n) is 15.4. The number of nitrogens with one attached hydrogen (secondary N) is 2. The van der Waals surface area contributed by atoms with Crippen LogP contribution < -0.4 is 10.9 Å². The predicted molar refractivity (Wildman–Crippen MR) is 113 cm³/mol. The average Bonchev–Trinajstić information content (AvgIpc) is 3.18. The Labute approximate surface area is 173 Å². The normalized spacial score (nSPS) is 10.7. The van der Waals surface area contributed by atoms with Gasteiger partial charge < -0.3 is 9.84 Å². The molecule has 0 fully saturated rings. The molecule has 3 N–H and O–H groups in total. The molecule has 0 saturated carbocycles. The number of carboxylic acid groups (broad SMARTS) is 1. The fourth-order valence-corrected chi connectivity index (χ4v) is 3.79. The van der Waals surface area contributed by atoms with E-state index in [9.17, 15) is 14.4 Å². The Morgan fingerprint density at radius 2 is 1.90 bits per heavy atom. The van der Waals surface area contributed by atoms with Crippen LogP contribution in [0.15, 0.2) is 65.5 Å². The van der Waals surface area contributed by atoms with E-state index >= 15 is 0 Å². The fraction of sp³-hybridized carbons (Fsp3) is 0.0476. The largest absolute Gasteiger partial charge is 0.478 e.